The van der Waals surface area contributed by atoms with Gasteiger partial charge < -0.3 is 14.3 Å². The molecule has 3 rings (SSSR count). The van der Waals surface area contributed by atoms with Crippen LogP contribution < -0.4 is 0 Å². The molecule has 1 aromatic carbocycles. The Kier molecular flexibility index (Phi) is 6.52. The van der Waals surface area contributed by atoms with E-state index in [-0.39, 0.29) is 29.1 Å². The van der Waals surface area contributed by atoms with Crippen molar-refractivity contribution in [1.29, 1.82) is 0 Å². The summed E-state index contributed by atoms with van der Waals surface area (Å²) in [6.45, 7) is 10.7. The van der Waals surface area contributed by atoms with E-state index in [9.17, 15) is 9.90 Å². The predicted octanol–water partition coefficient (Wildman–Crippen LogP) is 5.76. The molecule has 1 saturated carbocycles. The van der Waals surface area contributed by atoms with Crippen molar-refractivity contribution in [3.63, 3.8) is 0 Å². The summed E-state index contributed by atoms with van der Waals surface area (Å²) >= 11 is 0. The molecule has 1 fully saturated rings. The maximum Gasteiger partial charge on any atom is 0.343 e. The fraction of sp³-hybridized carbons (Fsp3) is 0.560. The number of carbonyl (C=O) groups is 1. The lowest BCUT2D eigenvalue weighted by molar-refractivity contribution is -0.168. The number of esters is 1. The van der Waals surface area contributed by atoms with Crippen molar-refractivity contribution in [3.8, 4) is 0 Å². The van der Waals surface area contributed by atoms with Crippen LogP contribution in [0.3, 0.4) is 0 Å². The lowest BCUT2D eigenvalue weighted by atomic mass is 9.64. The van der Waals surface area contributed by atoms with Gasteiger partial charge in [0.05, 0.1) is 0 Å². The van der Waals surface area contributed by atoms with E-state index < -0.39 is 12.1 Å². The molecule has 0 radical (unpaired) electrons. The Balaban J connectivity index is 1.77. The Morgan fingerprint density at radius 2 is 1.76 bits per heavy atom. The molecular weight excluding hydrogens is 364 g/mol. The third-order valence-corrected chi connectivity index (χ3v) is 6.48. The average Bonchev–Trinajstić information content (AvgIpc) is 3.18. The summed E-state index contributed by atoms with van der Waals surface area (Å²) in [6, 6.07) is 13.9. The van der Waals surface area contributed by atoms with Crippen LogP contribution in [0.1, 0.15) is 83.0 Å². The molecule has 4 atom stereocenters. The molecule has 0 unspecified atom stereocenters. The zero-order valence-corrected chi connectivity index (χ0v) is 18.2. The topological polar surface area (TPSA) is 59.7 Å². The minimum Gasteiger partial charge on any atom is -0.462 e. The van der Waals surface area contributed by atoms with Gasteiger partial charge in [-0.3, -0.25) is 0 Å². The molecule has 1 N–H and O–H groups in total. The number of hydrogen-bond acceptors (Lipinski definition) is 4. The lowest BCUT2D eigenvalue weighted by Crippen LogP contribution is -2.44. The van der Waals surface area contributed by atoms with Gasteiger partial charge in [0, 0.05) is 11.8 Å². The fourth-order valence-corrected chi connectivity index (χ4v) is 4.52. The van der Waals surface area contributed by atoms with Gasteiger partial charge >= 0.3 is 5.97 Å². The Morgan fingerprint density at radius 1 is 1.10 bits per heavy atom. The van der Waals surface area contributed by atoms with Crippen molar-refractivity contribution >= 4 is 5.97 Å². The van der Waals surface area contributed by atoms with Crippen LogP contribution in [0.2, 0.25) is 0 Å². The third kappa shape index (κ3) is 4.75. The molecule has 158 valence electrons. The van der Waals surface area contributed by atoms with Crippen LogP contribution in [-0.4, -0.2) is 17.2 Å². The highest BCUT2D eigenvalue weighted by atomic mass is 16.6. The van der Waals surface area contributed by atoms with E-state index in [0.717, 1.165) is 25.0 Å². The number of carbonyl (C=O) groups excluding carboxylic acids is 1. The Morgan fingerprint density at radius 3 is 2.38 bits per heavy atom. The van der Waals surface area contributed by atoms with E-state index in [1.165, 1.54) is 5.56 Å². The second kappa shape index (κ2) is 8.74. The Bertz CT molecular complexity index is 805. The summed E-state index contributed by atoms with van der Waals surface area (Å²) in [6.07, 6.45) is 1.31. The van der Waals surface area contributed by atoms with Crippen LogP contribution in [0.4, 0.5) is 0 Å². The van der Waals surface area contributed by atoms with E-state index in [1.807, 2.05) is 19.9 Å². The summed E-state index contributed by atoms with van der Waals surface area (Å²) in [5.41, 5.74) is 1.11. The minimum atomic E-state index is -1.39. The zero-order valence-electron chi connectivity index (χ0n) is 18.2. The maximum atomic E-state index is 12.8. The van der Waals surface area contributed by atoms with Gasteiger partial charge in [-0.2, -0.15) is 0 Å². The van der Waals surface area contributed by atoms with Gasteiger partial charge in [-0.05, 0) is 41.9 Å². The van der Waals surface area contributed by atoms with Crippen molar-refractivity contribution in [2.45, 2.75) is 77.4 Å². The average molecular weight is 399 g/mol. The van der Waals surface area contributed by atoms with Gasteiger partial charge in [0.25, 0.3) is 0 Å². The number of aliphatic hydroxyl groups is 1. The van der Waals surface area contributed by atoms with E-state index in [1.54, 1.807) is 12.1 Å². The number of rotatable bonds is 6. The van der Waals surface area contributed by atoms with Crippen molar-refractivity contribution in [2.24, 2.45) is 11.8 Å². The standard InChI is InChI=1S/C25H34O4/c1-16(2)20-13-14-21(28-20)23(26)24(27)29-22-15-17(3)11-12-19(22)25(4,5)18-9-7-6-8-10-18/h6-10,13-14,16-17,19,22-23,26H,11-12,15H2,1-5H3/t17-,19-,22-,23-/m1/s1. The highest BCUT2D eigenvalue weighted by Gasteiger charge is 2.42. The number of hydrogen-bond donors (Lipinski definition) is 1. The fourth-order valence-electron chi connectivity index (χ4n) is 4.52. The van der Waals surface area contributed by atoms with Crippen molar-refractivity contribution in [2.75, 3.05) is 0 Å². The minimum absolute atomic E-state index is 0.132. The molecule has 0 bridgehead atoms. The molecule has 0 aliphatic heterocycles. The monoisotopic (exact) mass is 398 g/mol. The SMILES string of the molecule is CC(C)c1ccc([C@@H](O)C(=O)O[C@@H]2C[C@H](C)CC[C@H]2C(C)(C)c2ccccc2)o1. The first kappa shape index (κ1) is 21.6. The van der Waals surface area contributed by atoms with Gasteiger partial charge in [-0.1, -0.05) is 71.4 Å². The highest BCUT2D eigenvalue weighted by molar-refractivity contribution is 5.75. The molecule has 0 spiro atoms. The molecule has 1 aromatic heterocycles. The van der Waals surface area contributed by atoms with Crippen LogP contribution in [0.15, 0.2) is 46.9 Å². The Labute approximate surface area is 174 Å². The molecule has 0 saturated heterocycles. The van der Waals surface area contributed by atoms with Crippen LogP contribution >= 0.6 is 0 Å². The van der Waals surface area contributed by atoms with Gasteiger partial charge in [0.2, 0.25) is 6.10 Å². The van der Waals surface area contributed by atoms with Crippen LogP contribution in [0.5, 0.6) is 0 Å². The van der Waals surface area contributed by atoms with E-state index in [2.05, 4.69) is 45.0 Å². The normalized spacial score (nSPS) is 23.8. The lowest BCUT2D eigenvalue weighted by Gasteiger charge is -2.44. The molecule has 1 aliphatic rings. The van der Waals surface area contributed by atoms with Crippen molar-refractivity contribution < 1.29 is 19.1 Å². The number of ether oxygens (including phenoxy) is 1. The molecule has 1 heterocycles. The molecule has 0 amide bonds. The first-order valence-corrected chi connectivity index (χ1v) is 10.7. The van der Waals surface area contributed by atoms with Gasteiger partial charge in [-0.15, -0.1) is 0 Å². The summed E-state index contributed by atoms with van der Waals surface area (Å²) in [5.74, 6) is 1.26. The van der Waals surface area contributed by atoms with Crippen LogP contribution in [0.25, 0.3) is 0 Å². The predicted molar refractivity (Wildman–Crippen MR) is 114 cm³/mol. The summed E-state index contributed by atoms with van der Waals surface area (Å²) in [7, 11) is 0. The smallest absolute Gasteiger partial charge is 0.343 e. The molecular formula is C25H34O4. The number of furan rings is 1. The maximum absolute atomic E-state index is 12.8. The Hall–Kier alpha value is -2.07. The number of benzene rings is 1. The first-order valence-electron chi connectivity index (χ1n) is 10.7. The molecule has 29 heavy (non-hydrogen) atoms. The third-order valence-electron chi connectivity index (χ3n) is 6.48. The molecule has 4 heteroatoms. The first-order chi connectivity index (χ1) is 13.7. The quantitative estimate of drug-likeness (QED) is 0.628. The van der Waals surface area contributed by atoms with E-state index >= 15 is 0 Å². The molecule has 2 aromatic rings. The van der Waals surface area contributed by atoms with Crippen LogP contribution in [-0.2, 0) is 14.9 Å². The van der Waals surface area contributed by atoms with Crippen molar-refractivity contribution in [1.82, 2.24) is 0 Å². The summed E-state index contributed by atoms with van der Waals surface area (Å²) < 4.78 is 11.6. The second-order valence-electron chi connectivity index (χ2n) is 9.39. The summed E-state index contributed by atoms with van der Waals surface area (Å²) in [5, 5.41) is 10.5. The highest BCUT2D eigenvalue weighted by Crippen LogP contribution is 2.44. The number of aliphatic hydroxyl groups excluding tert-OH is 1. The van der Waals surface area contributed by atoms with Crippen LogP contribution in [0, 0.1) is 11.8 Å². The van der Waals surface area contributed by atoms with Gasteiger partial charge in [-0.25, -0.2) is 4.79 Å². The molecule has 1 aliphatic carbocycles. The zero-order chi connectivity index (χ0) is 21.2. The van der Waals surface area contributed by atoms with Gasteiger partial charge in [0.15, 0.2) is 0 Å². The second-order valence-corrected chi connectivity index (χ2v) is 9.39. The van der Waals surface area contributed by atoms with Crippen molar-refractivity contribution in [3.05, 3.63) is 59.5 Å². The van der Waals surface area contributed by atoms with E-state index in [0.29, 0.717) is 5.92 Å². The summed E-state index contributed by atoms with van der Waals surface area (Å²) in [4.78, 5) is 12.8. The largest absolute Gasteiger partial charge is 0.462 e. The van der Waals surface area contributed by atoms with E-state index in [4.69, 9.17) is 9.15 Å². The molecule has 4 nitrogen and oxygen atoms in total. The van der Waals surface area contributed by atoms with Gasteiger partial charge in [0.1, 0.15) is 17.6 Å².